The van der Waals surface area contributed by atoms with Crippen molar-refractivity contribution in [1.29, 1.82) is 0 Å². The Hall–Kier alpha value is -5.13. The van der Waals surface area contributed by atoms with Crippen molar-refractivity contribution in [2.75, 3.05) is 20.8 Å². The molecular weight excluding hydrogens is 632 g/mol. The lowest BCUT2D eigenvalue weighted by Crippen LogP contribution is -2.40. The molecule has 1 N–H and O–H groups in total. The van der Waals surface area contributed by atoms with Crippen LogP contribution in [0.15, 0.2) is 86.1 Å². The van der Waals surface area contributed by atoms with Crippen molar-refractivity contribution >= 4 is 51.7 Å². The van der Waals surface area contributed by atoms with E-state index in [4.69, 9.17) is 30.2 Å². The largest absolute Gasteiger partial charge is 0.497 e. The number of aromatic carboxylic acids is 1. The van der Waals surface area contributed by atoms with Gasteiger partial charge < -0.3 is 23.7 Å². The fourth-order valence-corrected chi connectivity index (χ4v) is 6.74. The number of carbonyl (C=O) groups is 2. The highest BCUT2D eigenvalue weighted by molar-refractivity contribution is 7.07. The van der Waals surface area contributed by atoms with Crippen LogP contribution in [0.4, 0.5) is 0 Å². The highest BCUT2D eigenvalue weighted by atomic mass is 35.5. The molecule has 0 amide bonds. The predicted octanol–water partition coefficient (Wildman–Crippen LogP) is 5.58. The Morgan fingerprint density at radius 1 is 1.09 bits per heavy atom. The van der Waals surface area contributed by atoms with Crippen molar-refractivity contribution in [1.82, 2.24) is 4.57 Å². The number of allylic oxidation sites excluding steroid dienone is 1. The van der Waals surface area contributed by atoms with E-state index < -0.39 is 23.5 Å². The van der Waals surface area contributed by atoms with Crippen LogP contribution in [0, 0.1) is 0 Å². The molecule has 1 atom stereocenters. The standard InChI is InChI=1S/C34H27ClN2O8S/c1-5-44-33(41)28-17(2)36-34-37(30(28)29-22-15-20(42-3)9-6-18(22)8-12-26(29)43-4)31(38)27(46-34)16-21-10-13-25(45-21)19-7-11-24(35)23(14-19)32(39)40/h6-16,30H,5H2,1-4H3,(H,39,40)/b27-16-/t30-/m0/s1. The molecule has 0 saturated carbocycles. The Balaban J connectivity index is 1.56. The van der Waals surface area contributed by atoms with Gasteiger partial charge in [0.2, 0.25) is 0 Å². The number of carboxylic acid groups (broad SMARTS) is 1. The molecule has 5 aromatic rings. The summed E-state index contributed by atoms with van der Waals surface area (Å²) >= 11 is 7.18. The number of hydrogen-bond acceptors (Lipinski definition) is 9. The van der Waals surface area contributed by atoms with Crippen LogP contribution in [0.3, 0.4) is 0 Å². The Morgan fingerprint density at radius 2 is 1.87 bits per heavy atom. The van der Waals surface area contributed by atoms with E-state index in [1.807, 2.05) is 24.3 Å². The first-order valence-electron chi connectivity index (χ1n) is 14.1. The van der Waals surface area contributed by atoms with E-state index in [0.717, 1.165) is 22.1 Å². The maximum atomic E-state index is 14.2. The van der Waals surface area contributed by atoms with E-state index in [2.05, 4.69) is 4.99 Å². The molecule has 6 rings (SSSR count). The van der Waals surface area contributed by atoms with Gasteiger partial charge in [-0.2, -0.15) is 0 Å². The lowest BCUT2D eigenvalue weighted by atomic mass is 9.90. The smallest absolute Gasteiger partial charge is 0.338 e. The molecule has 0 spiro atoms. The lowest BCUT2D eigenvalue weighted by Gasteiger charge is -2.27. The minimum Gasteiger partial charge on any atom is -0.497 e. The highest BCUT2D eigenvalue weighted by Gasteiger charge is 2.36. The number of halogens is 1. The van der Waals surface area contributed by atoms with Crippen LogP contribution in [-0.4, -0.2) is 42.4 Å². The summed E-state index contributed by atoms with van der Waals surface area (Å²) in [6.45, 7) is 3.56. The SMILES string of the molecule is CCOC(=O)C1=C(C)N=c2s/c(=C\c3ccc(-c4ccc(Cl)c(C(=O)O)c4)o3)c(=O)n2[C@@H]1c1c(OC)ccc2ccc(OC)cc12. The lowest BCUT2D eigenvalue weighted by molar-refractivity contribution is -0.139. The van der Waals surface area contributed by atoms with E-state index in [1.165, 1.54) is 23.8 Å². The summed E-state index contributed by atoms with van der Waals surface area (Å²) in [5.74, 6) is 0.0644. The Labute approximate surface area is 271 Å². The van der Waals surface area contributed by atoms with Gasteiger partial charge in [0.25, 0.3) is 5.56 Å². The topological polar surface area (TPSA) is 130 Å². The number of esters is 1. The zero-order valence-corrected chi connectivity index (χ0v) is 26.7. The molecule has 3 heterocycles. The second-order valence-electron chi connectivity index (χ2n) is 10.3. The number of ether oxygens (including phenoxy) is 3. The number of hydrogen-bond donors (Lipinski definition) is 1. The third-order valence-electron chi connectivity index (χ3n) is 7.62. The number of methoxy groups -OCH3 is 2. The van der Waals surface area contributed by atoms with Gasteiger partial charge in [-0.15, -0.1) is 0 Å². The van der Waals surface area contributed by atoms with Gasteiger partial charge in [0.15, 0.2) is 4.80 Å². The van der Waals surface area contributed by atoms with Crippen LogP contribution in [0.2, 0.25) is 5.02 Å². The molecule has 0 saturated heterocycles. The molecule has 1 aliphatic rings. The number of aromatic nitrogens is 1. The first-order chi connectivity index (χ1) is 22.1. The van der Waals surface area contributed by atoms with Crippen LogP contribution in [0.25, 0.3) is 28.2 Å². The first kappa shape index (κ1) is 30.9. The number of carboxylic acids is 1. The van der Waals surface area contributed by atoms with Crippen molar-refractivity contribution in [2.45, 2.75) is 19.9 Å². The fraction of sp³-hybridized carbons (Fsp3) is 0.176. The number of carbonyl (C=O) groups excluding carboxylic acids is 1. The normalized spacial score (nSPS) is 14.6. The summed E-state index contributed by atoms with van der Waals surface area (Å²) in [6, 6.07) is 16.3. The molecule has 0 unspecified atom stereocenters. The molecule has 0 bridgehead atoms. The van der Waals surface area contributed by atoms with E-state index in [9.17, 15) is 19.5 Å². The number of nitrogens with zero attached hydrogens (tertiary/aromatic N) is 2. The second-order valence-corrected chi connectivity index (χ2v) is 11.7. The summed E-state index contributed by atoms with van der Waals surface area (Å²) in [7, 11) is 3.10. The van der Waals surface area contributed by atoms with Crippen molar-refractivity contribution in [3.8, 4) is 22.8 Å². The maximum absolute atomic E-state index is 14.2. The van der Waals surface area contributed by atoms with E-state index >= 15 is 0 Å². The molecule has 0 aliphatic carbocycles. The number of benzene rings is 3. The number of furan rings is 1. The molecule has 1 aliphatic heterocycles. The molecule has 3 aromatic carbocycles. The van der Waals surface area contributed by atoms with Gasteiger partial charge >= 0.3 is 11.9 Å². The summed E-state index contributed by atoms with van der Waals surface area (Å²) < 4.78 is 24.6. The molecule has 46 heavy (non-hydrogen) atoms. The average molecular weight is 659 g/mol. The van der Waals surface area contributed by atoms with Gasteiger partial charge in [-0.05, 0) is 73.2 Å². The van der Waals surface area contributed by atoms with Gasteiger partial charge in [0.1, 0.15) is 29.1 Å². The summed E-state index contributed by atoms with van der Waals surface area (Å²) in [5.41, 5.74) is 1.27. The molecular formula is C34H27ClN2O8S. The average Bonchev–Trinajstić information content (AvgIpc) is 3.63. The molecule has 0 radical (unpaired) electrons. The van der Waals surface area contributed by atoms with Crippen LogP contribution >= 0.6 is 22.9 Å². The quantitative estimate of drug-likeness (QED) is 0.214. The van der Waals surface area contributed by atoms with E-state index in [0.29, 0.717) is 49.2 Å². The van der Waals surface area contributed by atoms with Gasteiger partial charge in [-0.25, -0.2) is 14.6 Å². The molecule has 12 heteroatoms. The Kier molecular flexibility index (Phi) is 8.28. The first-order valence-corrected chi connectivity index (χ1v) is 15.3. The van der Waals surface area contributed by atoms with E-state index in [-0.39, 0.29) is 22.8 Å². The number of fused-ring (bicyclic) bond motifs is 2. The van der Waals surface area contributed by atoms with E-state index in [1.54, 1.807) is 51.3 Å². The monoisotopic (exact) mass is 658 g/mol. The molecule has 234 valence electrons. The van der Waals surface area contributed by atoms with Crippen molar-refractivity contribution in [3.05, 3.63) is 114 Å². The van der Waals surface area contributed by atoms with Gasteiger partial charge in [0.05, 0.1) is 47.2 Å². The van der Waals surface area contributed by atoms with Crippen LogP contribution in [0.1, 0.15) is 41.6 Å². The zero-order valence-electron chi connectivity index (χ0n) is 25.1. The minimum atomic E-state index is -1.16. The van der Waals surface area contributed by atoms with Crippen LogP contribution in [0.5, 0.6) is 11.5 Å². The van der Waals surface area contributed by atoms with Crippen LogP contribution in [-0.2, 0) is 9.53 Å². The van der Waals surface area contributed by atoms with Gasteiger partial charge in [0, 0.05) is 17.2 Å². The molecule has 0 fully saturated rings. The Bertz CT molecular complexity index is 2260. The second kappa shape index (κ2) is 12.3. The highest BCUT2D eigenvalue weighted by Crippen LogP contribution is 2.41. The molecule has 10 nitrogen and oxygen atoms in total. The Morgan fingerprint density at radius 3 is 2.59 bits per heavy atom. The van der Waals surface area contributed by atoms with Crippen molar-refractivity contribution < 1.29 is 33.3 Å². The fourth-order valence-electron chi connectivity index (χ4n) is 5.51. The van der Waals surface area contributed by atoms with Crippen LogP contribution < -0.4 is 24.4 Å². The minimum absolute atomic E-state index is 0.0558. The van der Waals surface area contributed by atoms with Gasteiger partial charge in [-0.3, -0.25) is 9.36 Å². The van der Waals surface area contributed by atoms with Crippen molar-refractivity contribution in [2.24, 2.45) is 4.99 Å². The third-order valence-corrected chi connectivity index (χ3v) is 8.93. The number of rotatable bonds is 8. The maximum Gasteiger partial charge on any atom is 0.338 e. The summed E-state index contributed by atoms with van der Waals surface area (Å²) in [5, 5.41) is 11.2. The summed E-state index contributed by atoms with van der Waals surface area (Å²) in [6.07, 6.45) is 1.59. The third kappa shape index (κ3) is 5.37. The van der Waals surface area contributed by atoms with Gasteiger partial charge in [-0.1, -0.05) is 35.1 Å². The van der Waals surface area contributed by atoms with Crippen molar-refractivity contribution in [3.63, 3.8) is 0 Å². The summed E-state index contributed by atoms with van der Waals surface area (Å²) in [4.78, 5) is 44.4. The number of thiazole rings is 1. The molecule has 2 aromatic heterocycles. The zero-order chi connectivity index (χ0) is 32.7. The predicted molar refractivity (Wildman–Crippen MR) is 174 cm³/mol.